The highest BCUT2D eigenvalue weighted by molar-refractivity contribution is 5.84. The zero-order chi connectivity index (χ0) is 45.8. The Morgan fingerprint density at radius 3 is 1.87 bits per heavy atom. The average molecular weight is 860 g/mol. The van der Waals surface area contributed by atoms with Crippen LogP contribution in [0.1, 0.15) is 116 Å². The van der Waals surface area contributed by atoms with Crippen molar-refractivity contribution in [2.45, 2.75) is 200 Å². The van der Waals surface area contributed by atoms with Gasteiger partial charge in [0.2, 0.25) is 0 Å². The summed E-state index contributed by atoms with van der Waals surface area (Å²) in [4.78, 5) is 67.8. The van der Waals surface area contributed by atoms with Gasteiger partial charge in [0.25, 0.3) is 0 Å². The lowest BCUT2D eigenvalue weighted by Gasteiger charge is -2.49. The van der Waals surface area contributed by atoms with E-state index in [2.05, 4.69) is 0 Å². The summed E-state index contributed by atoms with van der Waals surface area (Å²) in [5.74, 6) is -7.21. The molecule has 18 atom stereocenters. The van der Waals surface area contributed by atoms with E-state index in [9.17, 15) is 34.2 Å². The first-order chi connectivity index (χ1) is 27.6. The van der Waals surface area contributed by atoms with Crippen molar-refractivity contribution in [2.75, 3.05) is 21.2 Å². The first-order valence-electron chi connectivity index (χ1n) is 21.2. The number of cyclic esters (lactones) is 1. The number of Topliss-reactive ketones (excluding diaryl/α,β-unsaturated/α-hetero) is 1. The zero-order valence-corrected chi connectivity index (χ0v) is 38.5. The molecule has 3 rings (SSSR count). The topological polar surface area (TPSA) is 212 Å². The highest BCUT2D eigenvalue weighted by Crippen LogP contribution is 2.42. The Balaban J connectivity index is 2.28. The molecule has 0 saturated carbocycles. The number of ketones is 1. The van der Waals surface area contributed by atoms with Gasteiger partial charge in [0.05, 0.1) is 47.9 Å². The fourth-order valence-electron chi connectivity index (χ4n) is 9.49. The molecule has 0 aromatic rings. The summed E-state index contributed by atoms with van der Waals surface area (Å²) in [5.41, 5.74) is -5.03. The SMILES string of the molecule is CC[C@H]1OC(=O)[C@H](C)[C@@H](O[C@H]2C[C@@](C)(OC)[C@@H](OC(C)=O)[C@H](C)O2)[C@H](C)[C@@H](O[C@@H]2O[C@H](C)C[C@H](N(C)C)[C@H]2OC(C)=O)[C@](C)(O)C[C@@H](C)C(=O)[C@H](C)[C@@H](OC(C)=O)[C@]1(C)O. The minimum absolute atomic E-state index is 0.0424. The number of rotatable bonds is 10. The van der Waals surface area contributed by atoms with Crippen LogP contribution in [0.3, 0.4) is 0 Å². The van der Waals surface area contributed by atoms with Crippen molar-refractivity contribution in [3.05, 3.63) is 0 Å². The Morgan fingerprint density at radius 2 is 1.35 bits per heavy atom. The third kappa shape index (κ3) is 12.0. The number of likely N-dealkylation sites (N-methyl/N-ethyl adjacent to an activating group) is 1. The fourth-order valence-corrected chi connectivity index (χ4v) is 9.49. The smallest absolute Gasteiger partial charge is 0.311 e. The van der Waals surface area contributed by atoms with Gasteiger partial charge in [0.1, 0.15) is 29.2 Å². The van der Waals surface area contributed by atoms with E-state index in [1.165, 1.54) is 41.7 Å². The average Bonchev–Trinajstić information content (AvgIpc) is 3.13. The van der Waals surface area contributed by atoms with Crippen LogP contribution in [-0.4, -0.2) is 150 Å². The summed E-state index contributed by atoms with van der Waals surface area (Å²) in [5, 5.41) is 24.8. The van der Waals surface area contributed by atoms with Crippen molar-refractivity contribution in [1.29, 1.82) is 0 Å². The van der Waals surface area contributed by atoms with Gasteiger partial charge < -0.3 is 57.7 Å². The van der Waals surface area contributed by atoms with Gasteiger partial charge in [0, 0.05) is 46.1 Å². The Morgan fingerprint density at radius 1 is 0.783 bits per heavy atom. The molecule has 3 fully saturated rings. The van der Waals surface area contributed by atoms with Crippen LogP contribution in [0.15, 0.2) is 0 Å². The molecule has 0 bridgehead atoms. The lowest BCUT2D eigenvalue weighted by Crippen LogP contribution is -2.62. The molecule has 346 valence electrons. The van der Waals surface area contributed by atoms with Crippen LogP contribution < -0.4 is 0 Å². The van der Waals surface area contributed by atoms with Gasteiger partial charge in [-0.25, -0.2) is 0 Å². The maximum atomic E-state index is 14.5. The number of aliphatic hydroxyl groups is 2. The molecule has 0 radical (unpaired) electrons. The monoisotopic (exact) mass is 859 g/mol. The highest BCUT2D eigenvalue weighted by Gasteiger charge is 2.55. The number of methoxy groups -OCH3 is 1. The van der Waals surface area contributed by atoms with Crippen LogP contribution in [0, 0.1) is 23.7 Å². The Hall–Kier alpha value is -2.77. The summed E-state index contributed by atoms with van der Waals surface area (Å²) in [6.45, 7) is 20.0. The quantitative estimate of drug-likeness (QED) is 0.238. The second-order valence-corrected chi connectivity index (χ2v) is 18.2. The minimum atomic E-state index is -2.04. The van der Waals surface area contributed by atoms with Gasteiger partial charge >= 0.3 is 23.9 Å². The first kappa shape index (κ1) is 51.6. The maximum absolute atomic E-state index is 14.5. The normalized spacial score (nSPS) is 43.7. The van der Waals surface area contributed by atoms with Crippen molar-refractivity contribution in [3.8, 4) is 0 Å². The number of nitrogens with zero attached hydrogens (tertiary/aromatic N) is 1. The molecule has 0 aromatic heterocycles. The highest BCUT2D eigenvalue weighted by atomic mass is 16.7. The van der Waals surface area contributed by atoms with Crippen molar-refractivity contribution in [3.63, 3.8) is 0 Å². The number of esters is 4. The van der Waals surface area contributed by atoms with E-state index in [1.54, 1.807) is 41.5 Å². The molecule has 3 aliphatic rings. The fraction of sp³-hybridized carbons (Fsp3) is 0.884. The van der Waals surface area contributed by atoms with Crippen LogP contribution in [0.2, 0.25) is 0 Å². The van der Waals surface area contributed by atoms with E-state index in [1.807, 2.05) is 25.9 Å². The molecule has 3 saturated heterocycles. The summed E-state index contributed by atoms with van der Waals surface area (Å²) in [6.07, 6.45) is -9.93. The number of ether oxygens (including phenoxy) is 9. The molecule has 3 aliphatic heterocycles. The lowest BCUT2D eigenvalue weighted by atomic mass is 9.74. The van der Waals surface area contributed by atoms with E-state index >= 15 is 0 Å². The molecular weight excluding hydrogens is 786 g/mol. The second-order valence-electron chi connectivity index (χ2n) is 18.2. The summed E-state index contributed by atoms with van der Waals surface area (Å²) in [6, 6.07) is -0.352. The Kier molecular flexibility index (Phi) is 17.7. The largest absolute Gasteiger partial charge is 0.459 e. The van der Waals surface area contributed by atoms with Crippen LogP contribution in [0.4, 0.5) is 0 Å². The minimum Gasteiger partial charge on any atom is -0.459 e. The van der Waals surface area contributed by atoms with Crippen molar-refractivity contribution >= 4 is 29.7 Å². The zero-order valence-electron chi connectivity index (χ0n) is 38.5. The summed E-state index contributed by atoms with van der Waals surface area (Å²) >= 11 is 0. The number of hydrogen-bond acceptors (Lipinski definition) is 17. The van der Waals surface area contributed by atoms with Crippen molar-refractivity contribution in [1.82, 2.24) is 4.90 Å². The second kappa shape index (κ2) is 20.6. The predicted octanol–water partition coefficient (Wildman–Crippen LogP) is 3.50. The van der Waals surface area contributed by atoms with E-state index in [0.717, 1.165) is 6.92 Å². The third-order valence-corrected chi connectivity index (χ3v) is 12.6. The van der Waals surface area contributed by atoms with Gasteiger partial charge in [-0.2, -0.15) is 0 Å². The van der Waals surface area contributed by atoms with Crippen LogP contribution >= 0.6 is 0 Å². The molecule has 17 nitrogen and oxygen atoms in total. The Labute approximate surface area is 355 Å². The van der Waals surface area contributed by atoms with Crippen LogP contribution in [0.5, 0.6) is 0 Å². The van der Waals surface area contributed by atoms with E-state index in [-0.39, 0.29) is 31.4 Å². The van der Waals surface area contributed by atoms with Gasteiger partial charge in [0.15, 0.2) is 24.8 Å². The molecule has 2 N–H and O–H groups in total. The maximum Gasteiger partial charge on any atom is 0.311 e. The molecule has 0 aliphatic carbocycles. The van der Waals surface area contributed by atoms with Gasteiger partial charge in [-0.1, -0.05) is 27.7 Å². The molecule has 0 unspecified atom stereocenters. The van der Waals surface area contributed by atoms with Crippen molar-refractivity contribution in [2.24, 2.45) is 23.7 Å². The van der Waals surface area contributed by atoms with Crippen molar-refractivity contribution < 1.29 is 76.8 Å². The molecule has 3 heterocycles. The molecule has 0 aromatic carbocycles. The van der Waals surface area contributed by atoms with E-state index in [4.69, 9.17) is 42.6 Å². The number of carbonyl (C=O) groups excluding carboxylic acids is 5. The standard InChI is InChI=1S/C43H73NO16/c1-17-31-43(13,51)37(56-28(9)46)23(4)33(48)21(2)19-41(11,50)36(60-40-35(55-27(8)45)30(44(14)15)18-22(3)53-40)24(5)34(25(6)39(49)58-31)59-32-20-42(12,52-16)38(26(7)54-32)57-29(10)47/h21-26,30-32,34-38,40,50-51H,17-20H2,1-16H3/t21-,22-,23+,24+,25-,26+,30+,31-,32+,34+,35-,36-,37-,38+,40+,41-,42-,43-/m1/s1. The van der Waals surface area contributed by atoms with Gasteiger partial charge in [-0.15, -0.1) is 0 Å². The molecule has 17 heteroatoms. The van der Waals surface area contributed by atoms with Crippen LogP contribution in [-0.2, 0) is 66.6 Å². The van der Waals surface area contributed by atoms with Gasteiger partial charge in [-0.05, 0) is 74.9 Å². The summed E-state index contributed by atoms with van der Waals surface area (Å²) < 4.78 is 55.3. The predicted molar refractivity (Wildman–Crippen MR) is 215 cm³/mol. The van der Waals surface area contributed by atoms with Gasteiger partial charge in [-0.3, -0.25) is 24.0 Å². The number of carbonyl (C=O) groups is 5. The lowest BCUT2D eigenvalue weighted by molar-refractivity contribution is -0.319. The van der Waals surface area contributed by atoms with Crippen LogP contribution in [0.25, 0.3) is 0 Å². The number of hydrogen-bond donors (Lipinski definition) is 2. The first-order valence-corrected chi connectivity index (χ1v) is 21.2. The summed E-state index contributed by atoms with van der Waals surface area (Å²) in [7, 11) is 5.17. The molecule has 60 heavy (non-hydrogen) atoms. The Bertz CT molecular complexity index is 1500. The third-order valence-electron chi connectivity index (χ3n) is 12.6. The van der Waals surface area contributed by atoms with E-state index in [0.29, 0.717) is 6.42 Å². The molecule has 0 spiro atoms. The van der Waals surface area contributed by atoms with E-state index < -0.39 is 125 Å². The molecule has 0 amide bonds. The molecular formula is C43H73NO16.